The van der Waals surface area contributed by atoms with Gasteiger partial charge in [0.2, 0.25) is 0 Å². The van der Waals surface area contributed by atoms with Crippen molar-refractivity contribution in [2.24, 2.45) is 0 Å². The third kappa shape index (κ3) is 2.52. The molecule has 2 rings (SSSR count). The van der Waals surface area contributed by atoms with Crippen LogP contribution in [0.3, 0.4) is 0 Å². The van der Waals surface area contributed by atoms with E-state index in [0.717, 1.165) is 25.6 Å². The molecule has 88 valence electrons. The van der Waals surface area contributed by atoms with Crippen LogP contribution in [0.5, 0.6) is 0 Å². The van der Waals surface area contributed by atoms with E-state index in [4.69, 9.17) is 0 Å². The van der Waals surface area contributed by atoms with Crippen LogP contribution in [0, 0.1) is 0 Å². The first kappa shape index (κ1) is 11.4. The molecule has 0 aromatic carbocycles. The Kier molecular flexibility index (Phi) is 3.14. The average molecular weight is 230 g/mol. The second-order valence-corrected chi connectivity index (χ2v) is 4.03. The normalized spacial score (nSPS) is 21.3. The molecule has 1 unspecified atom stereocenters. The quantitative estimate of drug-likeness (QED) is 0.843. The zero-order chi connectivity index (χ0) is 11.6. The molecule has 1 aromatic rings. The maximum absolute atomic E-state index is 12.7. The molecule has 1 fully saturated rings. The number of rotatable bonds is 2. The highest BCUT2D eigenvalue weighted by molar-refractivity contribution is 5.27. The number of halogens is 3. The van der Waals surface area contributed by atoms with Gasteiger partial charge in [-0.3, -0.25) is 4.98 Å². The number of hydrogen-bond acceptors (Lipinski definition) is 2. The van der Waals surface area contributed by atoms with Crippen LogP contribution in [0.1, 0.15) is 24.0 Å². The maximum Gasteiger partial charge on any atom is 0.418 e. The molecule has 1 aliphatic heterocycles. The third-order valence-electron chi connectivity index (χ3n) is 2.85. The van der Waals surface area contributed by atoms with Crippen LogP contribution in [0.25, 0.3) is 0 Å². The van der Waals surface area contributed by atoms with Gasteiger partial charge in [0.25, 0.3) is 0 Å². The molecular formula is C11H13F3N2. The molecule has 0 amide bonds. The van der Waals surface area contributed by atoms with Crippen LogP contribution in [0.4, 0.5) is 13.2 Å². The lowest BCUT2D eigenvalue weighted by Gasteiger charge is -2.15. The number of nitrogens with zero attached hydrogens (tertiary/aromatic N) is 1. The molecule has 1 N–H and O–H groups in total. The van der Waals surface area contributed by atoms with Crippen molar-refractivity contribution in [3.8, 4) is 0 Å². The summed E-state index contributed by atoms with van der Waals surface area (Å²) in [6, 6.07) is 1.63. The van der Waals surface area contributed by atoms with Crippen LogP contribution >= 0.6 is 0 Å². The van der Waals surface area contributed by atoms with Gasteiger partial charge in [0.05, 0.1) is 5.56 Å². The van der Waals surface area contributed by atoms with E-state index < -0.39 is 11.7 Å². The topological polar surface area (TPSA) is 24.9 Å². The maximum atomic E-state index is 12.7. The minimum atomic E-state index is -4.30. The SMILES string of the molecule is FC(F)(F)c1cnccc1CC1CCCN1. The lowest BCUT2D eigenvalue weighted by molar-refractivity contribution is -0.138. The van der Waals surface area contributed by atoms with Crippen LogP contribution in [0.15, 0.2) is 18.5 Å². The zero-order valence-electron chi connectivity index (χ0n) is 8.72. The predicted molar refractivity (Wildman–Crippen MR) is 54.0 cm³/mol. The van der Waals surface area contributed by atoms with Crippen LogP contribution in [0.2, 0.25) is 0 Å². The van der Waals surface area contributed by atoms with Gasteiger partial charge < -0.3 is 5.32 Å². The van der Waals surface area contributed by atoms with E-state index in [1.54, 1.807) is 0 Å². The summed E-state index contributed by atoms with van der Waals surface area (Å²) in [7, 11) is 0. The molecule has 0 bridgehead atoms. The van der Waals surface area contributed by atoms with E-state index in [0.29, 0.717) is 12.0 Å². The molecule has 2 heterocycles. The molecule has 0 aliphatic carbocycles. The molecule has 0 saturated carbocycles. The van der Waals surface area contributed by atoms with Crippen molar-refractivity contribution < 1.29 is 13.2 Å². The predicted octanol–water partition coefficient (Wildman–Crippen LogP) is 2.39. The monoisotopic (exact) mass is 230 g/mol. The lowest BCUT2D eigenvalue weighted by atomic mass is 10.0. The Labute approximate surface area is 91.9 Å². The van der Waals surface area contributed by atoms with Crippen molar-refractivity contribution >= 4 is 0 Å². The molecule has 0 radical (unpaired) electrons. The summed E-state index contributed by atoms with van der Waals surface area (Å²) in [5.41, 5.74) is -0.273. The van der Waals surface area contributed by atoms with Gasteiger partial charge in [-0.25, -0.2) is 0 Å². The van der Waals surface area contributed by atoms with Crippen molar-refractivity contribution in [3.05, 3.63) is 29.6 Å². The number of hydrogen-bond donors (Lipinski definition) is 1. The third-order valence-corrected chi connectivity index (χ3v) is 2.85. The van der Waals surface area contributed by atoms with Crippen molar-refractivity contribution in [1.82, 2.24) is 10.3 Å². The highest BCUT2D eigenvalue weighted by Crippen LogP contribution is 2.32. The number of alkyl halides is 3. The summed E-state index contributed by atoms with van der Waals surface area (Å²) < 4.78 is 38.0. The van der Waals surface area contributed by atoms with Gasteiger partial charge in [0.15, 0.2) is 0 Å². The minimum Gasteiger partial charge on any atom is -0.314 e. The average Bonchev–Trinajstić information content (AvgIpc) is 2.70. The number of pyridine rings is 1. The Morgan fingerprint density at radius 2 is 2.25 bits per heavy atom. The van der Waals surface area contributed by atoms with Gasteiger partial charge in [-0.15, -0.1) is 0 Å². The van der Waals surface area contributed by atoms with E-state index >= 15 is 0 Å². The molecule has 0 spiro atoms. The molecule has 2 nitrogen and oxygen atoms in total. The van der Waals surface area contributed by atoms with Gasteiger partial charge in [-0.05, 0) is 37.4 Å². The summed E-state index contributed by atoms with van der Waals surface area (Å²) in [6.45, 7) is 0.900. The van der Waals surface area contributed by atoms with Gasteiger partial charge >= 0.3 is 6.18 Å². The van der Waals surface area contributed by atoms with E-state index in [9.17, 15) is 13.2 Å². The van der Waals surface area contributed by atoms with Gasteiger partial charge in [-0.1, -0.05) is 0 Å². The molecule has 16 heavy (non-hydrogen) atoms. The summed E-state index contributed by atoms with van der Waals surface area (Å²) in [6.07, 6.45) is 0.431. The summed E-state index contributed by atoms with van der Waals surface area (Å²) >= 11 is 0. The highest BCUT2D eigenvalue weighted by atomic mass is 19.4. The fraction of sp³-hybridized carbons (Fsp3) is 0.545. The molecular weight excluding hydrogens is 217 g/mol. The van der Waals surface area contributed by atoms with Crippen LogP contribution in [-0.4, -0.2) is 17.6 Å². The second kappa shape index (κ2) is 4.41. The van der Waals surface area contributed by atoms with Crippen molar-refractivity contribution in [2.45, 2.75) is 31.5 Å². The van der Waals surface area contributed by atoms with Gasteiger partial charge in [0, 0.05) is 18.4 Å². The Hall–Kier alpha value is -1.10. The van der Waals surface area contributed by atoms with Crippen molar-refractivity contribution in [2.75, 3.05) is 6.54 Å². The van der Waals surface area contributed by atoms with Crippen LogP contribution in [-0.2, 0) is 12.6 Å². The first-order valence-electron chi connectivity index (χ1n) is 5.31. The van der Waals surface area contributed by atoms with E-state index in [-0.39, 0.29) is 6.04 Å². The summed E-state index contributed by atoms with van der Waals surface area (Å²) in [5.74, 6) is 0. The first-order valence-corrected chi connectivity index (χ1v) is 5.31. The first-order chi connectivity index (χ1) is 7.57. The van der Waals surface area contributed by atoms with Gasteiger partial charge in [0.1, 0.15) is 0 Å². The molecule has 1 aliphatic rings. The Bertz CT molecular complexity index is 356. The fourth-order valence-electron chi connectivity index (χ4n) is 2.05. The largest absolute Gasteiger partial charge is 0.418 e. The minimum absolute atomic E-state index is 0.170. The van der Waals surface area contributed by atoms with E-state index in [1.165, 1.54) is 12.3 Å². The van der Waals surface area contributed by atoms with Crippen LogP contribution < -0.4 is 5.32 Å². The molecule has 5 heteroatoms. The fourth-order valence-corrected chi connectivity index (χ4v) is 2.05. The molecule has 1 aromatic heterocycles. The van der Waals surface area contributed by atoms with E-state index in [1.807, 2.05) is 0 Å². The second-order valence-electron chi connectivity index (χ2n) is 4.03. The van der Waals surface area contributed by atoms with E-state index in [2.05, 4.69) is 10.3 Å². The zero-order valence-corrected chi connectivity index (χ0v) is 8.72. The smallest absolute Gasteiger partial charge is 0.314 e. The molecule has 1 atom stereocenters. The summed E-state index contributed by atoms with van der Waals surface area (Å²) in [4.78, 5) is 3.55. The van der Waals surface area contributed by atoms with Crippen molar-refractivity contribution in [3.63, 3.8) is 0 Å². The number of nitrogens with one attached hydrogen (secondary N) is 1. The van der Waals surface area contributed by atoms with Gasteiger partial charge in [-0.2, -0.15) is 13.2 Å². The summed E-state index contributed by atoms with van der Waals surface area (Å²) in [5, 5.41) is 3.20. The Morgan fingerprint density at radius 3 is 2.88 bits per heavy atom. The Balaban J connectivity index is 2.19. The molecule has 1 saturated heterocycles. The lowest BCUT2D eigenvalue weighted by Crippen LogP contribution is -2.25. The number of aromatic nitrogens is 1. The van der Waals surface area contributed by atoms with Crippen molar-refractivity contribution in [1.29, 1.82) is 0 Å². The Morgan fingerprint density at radius 1 is 1.44 bits per heavy atom. The highest BCUT2D eigenvalue weighted by Gasteiger charge is 2.34. The standard InChI is InChI=1S/C11H13F3N2/c12-11(13,14)10-7-15-5-3-8(10)6-9-2-1-4-16-9/h3,5,7,9,16H,1-2,4,6H2.